The van der Waals surface area contributed by atoms with E-state index >= 15 is 0 Å². The fourth-order valence-corrected chi connectivity index (χ4v) is 2.16. The van der Waals surface area contributed by atoms with Crippen molar-refractivity contribution in [3.63, 3.8) is 0 Å². The molecule has 0 radical (unpaired) electrons. The summed E-state index contributed by atoms with van der Waals surface area (Å²) >= 11 is 1.35. The van der Waals surface area contributed by atoms with Crippen LogP contribution in [0.1, 0.15) is 5.56 Å². The highest BCUT2D eigenvalue weighted by atomic mass is 32.2. The van der Waals surface area contributed by atoms with Crippen molar-refractivity contribution in [2.24, 2.45) is 0 Å². The minimum Gasteiger partial charge on any atom is -0.310 e. The number of hydrogen-bond donors (Lipinski definition) is 1. The number of thioether (sulfide) groups is 1. The van der Waals surface area contributed by atoms with E-state index in [-0.39, 0.29) is 17.5 Å². The summed E-state index contributed by atoms with van der Waals surface area (Å²) in [5, 5.41) is 2.72. The van der Waals surface area contributed by atoms with E-state index in [1.54, 1.807) is 24.4 Å². The Bertz CT molecular complexity index is 572. The highest BCUT2D eigenvalue weighted by Gasteiger charge is 2.04. The Labute approximate surface area is 115 Å². The molecule has 0 aliphatic carbocycles. The second kappa shape index (κ2) is 6.33. The van der Waals surface area contributed by atoms with Crippen molar-refractivity contribution < 1.29 is 9.18 Å². The van der Waals surface area contributed by atoms with Crippen LogP contribution in [-0.4, -0.2) is 16.6 Å². The molecule has 0 aliphatic rings. The van der Waals surface area contributed by atoms with Gasteiger partial charge in [-0.3, -0.25) is 4.79 Å². The summed E-state index contributed by atoms with van der Waals surface area (Å²) < 4.78 is 12.7. The van der Waals surface area contributed by atoms with Crippen molar-refractivity contribution in [2.45, 2.75) is 11.8 Å². The van der Waals surface area contributed by atoms with E-state index in [1.807, 2.05) is 13.0 Å². The second-order valence-electron chi connectivity index (χ2n) is 4.01. The van der Waals surface area contributed by atoms with Crippen molar-refractivity contribution in [1.29, 1.82) is 0 Å². The molecule has 1 N–H and O–H groups in total. The predicted octanol–water partition coefficient (Wildman–Crippen LogP) is 3.26. The number of halogens is 1. The Morgan fingerprint density at radius 3 is 2.74 bits per heavy atom. The van der Waals surface area contributed by atoms with Crippen molar-refractivity contribution >= 4 is 23.5 Å². The van der Waals surface area contributed by atoms with Crippen LogP contribution in [0, 0.1) is 12.7 Å². The predicted molar refractivity (Wildman–Crippen MR) is 74.7 cm³/mol. The largest absolute Gasteiger partial charge is 0.310 e. The molecule has 19 heavy (non-hydrogen) atoms. The summed E-state index contributed by atoms with van der Waals surface area (Å²) in [7, 11) is 0. The highest BCUT2D eigenvalue weighted by molar-refractivity contribution is 8.00. The molecule has 2 aromatic rings. The van der Waals surface area contributed by atoms with E-state index < -0.39 is 0 Å². The molecule has 0 fully saturated rings. The Kier molecular flexibility index (Phi) is 4.52. The van der Waals surface area contributed by atoms with Gasteiger partial charge in [-0.05, 0) is 48.9 Å². The summed E-state index contributed by atoms with van der Waals surface area (Å²) in [6, 6.07) is 9.73. The van der Waals surface area contributed by atoms with Crippen LogP contribution in [0.25, 0.3) is 0 Å². The molecule has 1 aromatic heterocycles. The van der Waals surface area contributed by atoms with Gasteiger partial charge in [-0.25, -0.2) is 9.37 Å². The average Bonchev–Trinajstić information content (AvgIpc) is 2.38. The van der Waals surface area contributed by atoms with Crippen molar-refractivity contribution in [3.8, 4) is 0 Å². The van der Waals surface area contributed by atoms with Crippen LogP contribution in [0.3, 0.4) is 0 Å². The van der Waals surface area contributed by atoms with Gasteiger partial charge in [0.15, 0.2) is 0 Å². The lowest BCUT2D eigenvalue weighted by molar-refractivity contribution is -0.113. The highest BCUT2D eigenvalue weighted by Crippen LogP contribution is 2.18. The Hall–Kier alpha value is -1.88. The third kappa shape index (κ3) is 4.37. The molecule has 0 bridgehead atoms. The molecule has 98 valence electrons. The molecule has 0 unspecified atom stereocenters. The molecule has 3 nitrogen and oxygen atoms in total. The molecule has 0 atom stereocenters. The average molecular weight is 276 g/mol. The standard InChI is InChI=1S/C14H13FN2OS/c1-10-6-7-16-13(8-10)17-14(18)9-19-12-4-2-11(15)3-5-12/h2-8H,9H2,1H3,(H,16,17,18). The Morgan fingerprint density at radius 1 is 1.32 bits per heavy atom. The first kappa shape index (κ1) is 13.5. The lowest BCUT2D eigenvalue weighted by Gasteiger charge is -2.05. The second-order valence-corrected chi connectivity index (χ2v) is 5.06. The zero-order chi connectivity index (χ0) is 13.7. The topological polar surface area (TPSA) is 42.0 Å². The maximum atomic E-state index is 12.7. The first-order chi connectivity index (χ1) is 9.13. The van der Waals surface area contributed by atoms with Crippen LogP contribution in [0.5, 0.6) is 0 Å². The van der Waals surface area contributed by atoms with E-state index in [2.05, 4.69) is 10.3 Å². The normalized spacial score (nSPS) is 10.2. The third-order valence-electron chi connectivity index (χ3n) is 2.37. The minimum absolute atomic E-state index is 0.132. The van der Waals surface area contributed by atoms with Crippen LogP contribution in [0.2, 0.25) is 0 Å². The van der Waals surface area contributed by atoms with E-state index in [0.29, 0.717) is 5.82 Å². The minimum atomic E-state index is -0.280. The first-order valence-corrected chi connectivity index (χ1v) is 6.73. The summed E-state index contributed by atoms with van der Waals surface area (Å²) in [5.74, 6) is 0.399. The molecule has 2 rings (SSSR count). The number of carbonyl (C=O) groups excluding carboxylic acids is 1. The Balaban J connectivity index is 1.86. The summed E-state index contributed by atoms with van der Waals surface area (Å²) in [4.78, 5) is 16.6. The van der Waals surface area contributed by atoms with Crippen LogP contribution >= 0.6 is 11.8 Å². The number of aryl methyl sites for hydroxylation is 1. The number of nitrogens with one attached hydrogen (secondary N) is 1. The van der Waals surface area contributed by atoms with E-state index in [0.717, 1.165) is 10.5 Å². The lowest BCUT2D eigenvalue weighted by atomic mass is 10.3. The number of carbonyl (C=O) groups is 1. The molecule has 1 amide bonds. The van der Waals surface area contributed by atoms with Crippen LogP contribution in [0.15, 0.2) is 47.5 Å². The number of pyridine rings is 1. The van der Waals surface area contributed by atoms with Gasteiger partial charge in [-0.1, -0.05) is 0 Å². The van der Waals surface area contributed by atoms with Gasteiger partial charge in [0.25, 0.3) is 0 Å². The number of rotatable bonds is 4. The molecule has 1 heterocycles. The smallest absolute Gasteiger partial charge is 0.235 e. The van der Waals surface area contributed by atoms with Crippen molar-refractivity contribution in [3.05, 3.63) is 54.0 Å². The SMILES string of the molecule is Cc1ccnc(NC(=O)CSc2ccc(F)cc2)c1. The monoisotopic (exact) mass is 276 g/mol. The Morgan fingerprint density at radius 2 is 2.05 bits per heavy atom. The summed E-state index contributed by atoms with van der Waals surface area (Å²) in [5.41, 5.74) is 1.04. The van der Waals surface area contributed by atoms with Crippen LogP contribution in [0.4, 0.5) is 10.2 Å². The number of amides is 1. The quantitative estimate of drug-likeness (QED) is 0.872. The van der Waals surface area contributed by atoms with Gasteiger partial charge in [-0.2, -0.15) is 0 Å². The van der Waals surface area contributed by atoms with Crippen molar-refractivity contribution in [2.75, 3.05) is 11.1 Å². The number of hydrogen-bond acceptors (Lipinski definition) is 3. The van der Waals surface area contributed by atoms with Gasteiger partial charge >= 0.3 is 0 Å². The molecular weight excluding hydrogens is 263 g/mol. The molecule has 1 aromatic carbocycles. The number of anilines is 1. The van der Waals surface area contributed by atoms with Gasteiger partial charge in [0, 0.05) is 11.1 Å². The van der Waals surface area contributed by atoms with Gasteiger partial charge in [-0.15, -0.1) is 11.8 Å². The molecule has 0 spiro atoms. The third-order valence-corrected chi connectivity index (χ3v) is 3.38. The van der Waals surface area contributed by atoms with Gasteiger partial charge in [0.1, 0.15) is 11.6 Å². The maximum absolute atomic E-state index is 12.7. The van der Waals surface area contributed by atoms with Crippen LogP contribution < -0.4 is 5.32 Å². The molecule has 0 saturated heterocycles. The fourth-order valence-electron chi connectivity index (χ4n) is 1.46. The molecule has 0 saturated carbocycles. The van der Waals surface area contributed by atoms with E-state index in [4.69, 9.17) is 0 Å². The summed E-state index contributed by atoms with van der Waals surface area (Å²) in [6.07, 6.45) is 1.65. The molecule has 5 heteroatoms. The lowest BCUT2D eigenvalue weighted by Crippen LogP contribution is -2.14. The molecule has 0 aliphatic heterocycles. The number of aromatic nitrogens is 1. The van der Waals surface area contributed by atoms with E-state index in [1.165, 1.54) is 23.9 Å². The number of benzene rings is 1. The zero-order valence-corrected chi connectivity index (χ0v) is 11.2. The van der Waals surface area contributed by atoms with E-state index in [9.17, 15) is 9.18 Å². The van der Waals surface area contributed by atoms with Gasteiger partial charge in [0.05, 0.1) is 5.75 Å². The zero-order valence-electron chi connectivity index (χ0n) is 10.4. The number of nitrogens with zero attached hydrogens (tertiary/aromatic N) is 1. The maximum Gasteiger partial charge on any atom is 0.235 e. The fraction of sp³-hybridized carbons (Fsp3) is 0.143. The van der Waals surface area contributed by atoms with Crippen LogP contribution in [-0.2, 0) is 4.79 Å². The van der Waals surface area contributed by atoms with Gasteiger partial charge in [0.2, 0.25) is 5.91 Å². The molecular formula is C14H13FN2OS. The summed E-state index contributed by atoms with van der Waals surface area (Å²) in [6.45, 7) is 1.94. The first-order valence-electron chi connectivity index (χ1n) is 5.74. The van der Waals surface area contributed by atoms with Gasteiger partial charge < -0.3 is 5.32 Å². The van der Waals surface area contributed by atoms with Crippen molar-refractivity contribution in [1.82, 2.24) is 4.98 Å².